The Hall–Kier alpha value is -3.61. The van der Waals surface area contributed by atoms with E-state index in [-0.39, 0.29) is 37.3 Å². The molecule has 1 fully saturated rings. The number of carbonyl (C=O) groups excluding carboxylic acids is 3. The second-order valence-corrected chi connectivity index (χ2v) is 20.6. The van der Waals surface area contributed by atoms with Gasteiger partial charge in [-0.15, -0.1) is 0 Å². The number of hydrogen-bond donors (Lipinski definition) is 5. The van der Waals surface area contributed by atoms with Crippen molar-refractivity contribution in [1.29, 1.82) is 0 Å². The molecule has 0 amide bonds. The Labute approximate surface area is 414 Å². The minimum Gasteiger partial charge on any atom is -0.462 e. The summed E-state index contributed by atoms with van der Waals surface area (Å²) in [7, 11) is -10.9. The molecule has 1 aliphatic heterocycles. The average molecular weight is 1030 g/mol. The summed E-state index contributed by atoms with van der Waals surface area (Å²) in [6, 6.07) is 1.23. The summed E-state index contributed by atoms with van der Waals surface area (Å²) in [5.74, 6) is -0.978. The van der Waals surface area contributed by atoms with Gasteiger partial charge in [0.25, 0.3) is 0 Å². The molecule has 1 aromatic rings. The summed E-state index contributed by atoms with van der Waals surface area (Å²) in [5.41, 5.74) is 4.57. The van der Waals surface area contributed by atoms with E-state index in [0.29, 0.717) is 6.42 Å². The van der Waals surface area contributed by atoms with Crippen LogP contribution >= 0.6 is 15.6 Å². The van der Waals surface area contributed by atoms with Crippen LogP contribution in [0.2, 0.25) is 0 Å². The topological polar surface area (TPSA) is 283 Å². The zero-order valence-electron chi connectivity index (χ0n) is 41.5. The Bertz CT molecular complexity index is 1940. The number of unbranched alkanes of at least 4 members (excludes halogenated alkanes) is 12. The van der Waals surface area contributed by atoms with E-state index < -0.39 is 83.7 Å². The van der Waals surface area contributed by atoms with E-state index in [1.807, 2.05) is 12.2 Å². The summed E-state index contributed by atoms with van der Waals surface area (Å²) < 4.78 is 56.5. The van der Waals surface area contributed by atoms with Crippen LogP contribution in [0.5, 0.6) is 0 Å². The first-order valence-corrected chi connectivity index (χ1v) is 28.0. The third-order valence-electron chi connectivity index (χ3n) is 11.4. The number of carbonyl (C=O) groups is 3. The number of rotatable bonds is 40. The van der Waals surface area contributed by atoms with Gasteiger partial charge in [-0.3, -0.25) is 28.0 Å². The van der Waals surface area contributed by atoms with Crippen molar-refractivity contribution in [2.45, 2.75) is 193 Å². The Morgan fingerprint density at radius 1 is 0.786 bits per heavy atom. The summed E-state index contributed by atoms with van der Waals surface area (Å²) in [6.45, 7) is 4.19. The average Bonchev–Trinajstić information content (AvgIpc) is 3.59. The molecule has 1 saturated heterocycles. The monoisotopic (exact) mass is 1030 g/mol. The number of hydrogen-bond acceptors (Lipinski definition) is 16. The number of aliphatic hydroxyl groups excluding tert-OH is 2. The molecule has 8 atom stereocenters. The van der Waals surface area contributed by atoms with Crippen LogP contribution < -0.4 is 11.4 Å². The van der Waals surface area contributed by atoms with Crippen LogP contribution in [0.4, 0.5) is 5.82 Å². The maximum atomic E-state index is 12.8. The Morgan fingerprint density at radius 3 is 2.09 bits per heavy atom. The fourth-order valence-electron chi connectivity index (χ4n) is 7.12. The van der Waals surface area contributed by atoms with Gasteiger partial charge in [0.2, 0.25) is 0 Å². The number of nitrogen functional groups attached to an aromatic ring is 1. The van der Waals surface area contributed by atoms with Crippen molar-refractivity contribution in [2.24, 2.45) is 5.92 Å². The minimum atomic E-state index is -5.47. The van der Waals surface area contributed by atoms with Gasteiger partial charge in [-0.25, -0.2) is 13.9 Å². The maximum Gasteiger partial charge on any atom is 0.481 e. The maximum absolute atomic E-state index is 12.8. The van der Waals surface area contributed by atoms with Crippen molar-refractivity contribution in [3.63, 3.8) is 0 Å². The van der Waals surface area contributed by atoms with Gasteiger partial charge in [0, 0.05) is 25.5 Å². The number of anilines is 1. The van der Waals surface area contributed by atoms with E-state index in [1.165, 1.54) is 76.4 Å². The molecule has 0 radical (unpaired) electrons. The van der Waals surface area contributed by atoms with E-state index in [0.717, 1.165) is 61.6 Å². The largest absolute Gasteiger partial charge is 0.481 e. The third kappa shape index (κ3) is 29.0. The van der Waals surface area contributed by atoms with E-state index in [2.05, 4.69) is 48.3 Å². The zero-order valence-corrected chi connectivity index (χ0v) is 43.3. The van der Waals surface area contributed by atoms with Crippen LogP contribution in [-0.4, -0.2) is 91.5 Å². The highest BCUT2D eigenvalue weighted by atomic mass is 31.3. The number of esters is 2. The predicted octanol–water partition coefficient (Wildman–Crippen LogP) is 9.20. The van der Waals surface area contributed by atoms with Crippen LogP contribution in [0.25, 0.3) is 0 Å². The first-order valence-electron chi connectivity index (χ1n) is 25.0. The SMILES string of the molecule is CCCCC/C=C\C/C=C\C/C=C\C=C\C(=O)CCCC(=O)OC[C@H](COP(=O)(O)OP(=O)(O)OC[C@H]1O[C@@H](n2ccc(N)nc2=O)[C@H](O)[C@@H]1O)OC(=O)CCCCCCCCCCCCC(C)CC. The molecule has 70 heavy (non-hydrogen) atoms. The van der Waals surface area contributed by atoms with E-state index in [4.69, 9.17) is 29.0 Å². The van der Waals surface area contributed by atoms with Crippen molar-refractivity contribution in [1.82, 2.24) is 9.55 Å². The number of aromatic nitrogens is 2. The van der Waals surface area contributed by atoms with Crippen LogP contribution in [0.3, 0.4) is 0 Å². The van der Waals surface area contributed by atoms with Crippen molar-refractivity contribution in [3.05, 3.63) is 71.4 Å². The van der Waals surface area contributed by atoms with E-state index >= 15 is 0 Å². The normalized spacial score (nSPS) is 20.0. The molecule has 2 rings (SSSR count). The van der Waals surface area contributed by atoms with Gasteiger partial charge in [0.1, 0.15) is 30.7 Å². The lowest BCUT2D eigenvalue weighted by Crippen LogP contribution is -2.36. The second-order valence-electron chi connectivity index (χ2n) is 17.6. The standard InChI is InChI=1S/C49H81N3O16P2/c1-4-6-7-8-9-10-11-12-13-17-20-23-26-30-40(53)31-28-33-44(54)63-36-41(66-45(55)32-27-24-21-18-15-14-16-19-22-25-29-39(3)5-2)37-64-69(59,60)68-70(61,62)65-38-42-46(56)47(57)48(67-42)52-35-34-43(50)51-49(52)58/h9-10,12-13,20,23,26,30,34-35,39,41-42,46-48,56-57H,4-8,11,14-19,21-22,24-25,27-29,31-33,36-38H2,1-3H3,(H,59,60)(H,61,62)(H2,50,51,58)/b10-9-,13-12-,23-20-,30-26+/t39?,41-,42-,46-,47-,48-/m1/s1. The third-order valence-corrected chi connectivity index (χ3v) is 14.0. The molecule has 21 heteroatoms. The van der Waals surface area contributed by atoms with Crippen molar-refractivity contribution in [3.8, 4) is 0 Å². The first-order chi connectivity index (χ1) is 33.5. The fourth-order valence-corrected chi connectivity index (χ4v) is 9.23. The van der Waals surface area contributed by atoms with Crippen molar-refractivity contribution < 1.29 is 71.1 Å². The molecule has 398 valence electrons. The molecular weight excluding hydrogens is 948 g/mol. The Morgan fingerprint density at radius 2 is 1.41 bits per heavy atom. The Balaban J connectivity index is 1.86. The molecule has 0 bridgehead atoms. The van der Waals surface area contributed by atoms with Crippen LogP contribution in [0.1, 0.15) is 168 Å². The van der Waals surface area contributed by atoms with E-state index in [1.54, 1.807) is 12.2 Å². The van der Waals surface area contributed by atoms with Gasteiger partial charge in [-0.05, 0) is 56.6 Å². The lowest BCUT2D eigenvalue weighted by atomic mass is 9.99. The number of allylic oxidation sites excluding steroid dienone is 8. The highest BCUT2D eigenvalue weighted by molar-refractivity contribution is 7.61. The molecule has 0 saturated carbocycles. The molecule has 1 aromatic heterocycles. The fraction of sp³-hybridized carbons (Fsp3) is 0.694. The zero-order chi connectivity index (χ0) is 51.6. The van der Waals surface area contributed by atoms with Gasteiger partial charge in [0.05, 0.1) is 13.2 Å². The minimum absolute atomic E-state index is 0.0000859. The molecule has 3 unspecified atom stereocenters. The van der Waals surface area contributed by atoms with Crippen LogP contribution in [-0.2, 0) is 51.1 Å². The van der Waals surface area contributed by atoms with Gasteiger partial charge < -0.3 is 39.9 Å². The quantitative estimate of drug-likeness (QED) is 0.0102. The first kappa shape index (κ1) is 62.5. The summed E-state index contributed by atoms with van der Waals surface area (Å²) >= 11 is 0. The van der Waals surface area contributed by atoms with Crippen LogP contribution in [0, 0.1) is 5.92 Å². The highest BCUT2D eigenvalue weighted by Gasteiger charge is 2.46. The molecule has 0 spiro atoms. The number of phosphoric acid groups is 2. The van der Waals surface area contributed by atoms with Gasteiger partial charge >= 0.3 is 33.3 Å². The van der Waals surface area contributed by atoms with Gasteiger partial charge in [0.15, 0.2) is 18.1 Å². The number of ether oxygens (including phenoxy) is 3. The predicted molar refractivity (Wildman–Crippen MR) is 266 cm³/mol. The molecule has 1 aliphatic rings. The lowest BCUT2D eigenvalue weighted by Gasteiger charge is -2.21. The summed E-state index contributed by atoms with van der Waals surface area (Å²) in [4.78, 5) is 74.2. The van der Waals surface area contributed by atoms with E-state index in [9.17, 15) is 48.3 Å². The molecular formula is C49H81N3O16P2. The van der Waals surface area contributed by atoms with Crippen molar-refractivity contribution >= 4 is 39.2 Å². The molecule has 6 N–H and O–H groups in total. The smallest absolute Gasteiger partial charge is 0.462 e. The number of nitrogens with two attached hydrogens (primary N) is 1. The Kier molecular flexibility index (Phi) is 32.4. The van der Waals surface area contributed by atoms with Gasteiger partial charge in [-0.1, -0.05) is 147 Å². The van der Waals surface area contributed by atoms with Gasteiger partial charge in [-0.2, -0.15) is 9.29 Å². The highest BCUT2D eigenvalue weighted by Crippen LogP contribution is 2.60. The second kappa shape index (κ2) is 36.3. The number of ketones is 1. The molecule has 19 nitrogen and oxygen atoms in total. The summed E-state index contributed by atoms with van der Waals surface area (Å²) in [6.07, 6.45) is 27.8. The molecule has 0 aromatic carbocycles. The number of nitrogens with zero attached hydrogens (tertiary/aromatic N) is 2. The number of phosphoric ester groups is 2. The van der Waals surface area contributed by atoms with Crippen LogP contribution in [0.15, 0.2) is 65.7 Å². The van der Waals surface area contributed by atoms with Crippen molar-refractivity contribution in [2.75, 3.05) is 25.6 Å². The molecule has 0 aliphatic carbocycles. The number of aliphatic hydroxyl groups is 2. The lowest BCUT2D eigenvalue weighted by molar-refractivity contribution is -0.161. The summed E-state index contributed by atoms with van der Waals surface area (Å²) in [5, 5.41) is 20.9. The molecule has 2 heterocycles.